The molecule has 22 heavy (non-hydrogen) atoms. The molecule has 3 rings (SSSR count). The number of anilines is 1. The molecular formula is C15H12ClNO4S. The lowest BCUT2D eigenvalue weighted by Crippen LogP contribution is -2.19. The standard InChI is InChI=1S/C15H12ClNO4S/c16-11-2-5-13(6-3-11)22(19,20)21-12-4-7-14-10(9-12)1-8-15(18)17-14/h2-7,9H,1,8H2,(H,17,18). The fraction of sp³-hybridized carbons (Fsp3) is 0.133. The van der Waals surface area contributed by atoms with Crippen LogP contribution in [0.2, 0.25) is 5.02 Å². The van der Waals surface area contributed by atoms with Gasteiger partial charge in [-0.3, -0.25) is 4.79 Å². The second-order valence-electron chi connectivity index (χ2n) is 4.86. The highest BCUT2D eigenvalue weighted by molar-refractivity contribution is 7.87. The van der Waals surface area contributed by atoms with Gasteiger partial charge in [0.05, 0.1) is 0 Å². The van der Waals surface area contributed by atoms with E-state index in [1.165, 1.54) is 30.3 Å². The molecule has 0 atom stereocenters. The van der Waals surface area contributed by atoms with Crippen molar-refractivity contribution in [3.05, 3.63) is 53.1 Å². The van der Waals surface area contributed by atoms with Crippen molar-refractivity contribution in [2.75, 3.05) is 5.32 Å². The van der Waals surface area contributed by atoms with Crippen LogP contribution in [0.1, 0.15) is 12.0 Å². The highest BCUT2D eigenvalue weighted by Crippen LogP contribution is 2.28. The van der Waals surface area contributed by atoms with E-state index >= 15 is 0 Å². The number of nitrogens with one attached hydrogen (secondary N) is 1. The number of hydrogen-bond acceptors (Lipinski definition) is 4. The lowest BCUT2D eigenvalue weighted by Gasteiger charge is -2.17. The molecule has 0 aromatic heterocycles. The third-order valence-corrected chi connectivity index (χ3v) is 4.79. The number of aryl methyl sites for hydroxylation is 1. The summed E-state index contributed by atoms with van der Waals surface area (Å²) in [6.07, 6.45) is 0.930. The van der Waals surface area contributed by atoms with Crippen molar-refractivity contribution in [3.63, 3.8) is 0 Å². The number of amides is 1. The van der Waals surface area contributed by atoms with Crippen molar-refractivity contribution in [1.29, 1.82) is 0 Å². The zero-order valence-electron chi connectivity index (χ0n) is 11.4. The number of carbonyl (C=O) groups excluding carboxylic acids is 1. The largest absolute Gasteiger partial charge is 0.379 e. The van der Waals surface area contributed by atoms with Gasteiger partial charge in [0, 0.05) is 17.1 Å². The second-order valence-corrected chi connectivity index (χ2v) is 6.84. The summed E-state index contributed by atoms with van der Waals surface area (Å²) < 4.78 is 29.5. The Bertz CT molecular complexity index is 831. The van der Waals surface area contributed by atoms with E-state index in [4.69, 9.17) is 15.8 Å². The first-order valence-electron chi connectivity index (χ1n) is 6.57. The van der Waals surface area contributed by atoms with Crippen molar-refractivity contribution in [3.8, 4) is 5.75 Å². The average molecular weight is 338 g/mol. The van der Waals surface area contributed by atoms with Gasteiger partial charge in [-0.15, -0.1) is 0 Å². The highest BCUT2D eigenvalue weighted by atomic mass is 35.5. The lowest BCUT2D eigenvalue weighted by molar-refractivity contribution is -0.116. The molecule has 2 aromatic rings. The molecule has 1 aliphatic rings. The number of benzene rings is 2. The van der Waals surface area contributed by atoms with Crippen LogP contribution >= 0.6 is 11.6 Å². The molecule has 5 nitrogen and oxygen atoms in total. The number of fused-ring (bicyclic) bond motifs is 1. The van der Waals surface area contributed by atoms with Crippen molar-refractivity contribution in [2.24, 2.45) is 0 Å². The monoisotopic (exact) mass is 337 g/mol. The summed E-state index contributed by atoms with van der Waals surface area (Å²) in [7, 11) is -3.91. The summed E-state index contributed by atoms with van der Waals surface area (Å²) in [5.41, 5.74) is 1.54. The summed E-state index contributed by atoms with van der Waals surface area (Å²) >= 11 is 5.74. The zero-order valence-corrected chi connectivity index (χ0v) is 12.9. The van der Waals surface area contributed by atoms with Gasteiger partial charge in [0.1, 0.15) is 10.6 Å². The van der Waals surface area contributed by atoms with Crippen LogP contribution < -0.4 is 9.50 Å². The van der Waals surface area contributed by atoms with Crippen molar-refractivity contribution >= 4 is 33.3 Å². The Hall–Kier alpha value is -2.05. The Morgan fingerprint density at radius 3 is 2.50 bits per heavy atom. The van der Waals surface area contributed by atoms with Gasteiger partial charge in [0.2, 0.25) is 5.91 Å². The minimum atomic E-state index is -3.91. The Morgan fingerprint density at radius 1 is 1.05 bits per heavy atom. The Balaban J connectivity index is 1.86. The summed E-state index contributed by atoms with van der Waals surface area (Å²) in [5.74, 6) is 0.166. The Kier molecular flexibility index (Phi) is 3.80. The van der Waals surface area contributed by atoms with Crippen LogP contribution in [0, 0.1) is 0 Å². The van der Waals surface area contributed by atoms with E-state index in [0.717, 1.165) is 5.56 Å². The van der Waals surface area contributed by atoms with E-state index in [9.17, 15) is 13.2 Å². The predicted octanol–water partition coefficient (Wildman–Crippen LogP) is 2.99. The first-order chi connectivity index (χ1) is 10.4. The smallest absolute Gasteiger partial charge is 0.339 e. The molecule has 0 saturated carbocycles. The molecule has 0 saturated heterocycles. The fourth-order valence-corrected chi connectivity index (χ4v) is 3.24. The second kappa shape index (κ2) is 5.62. The molecule has 2 aromatic carbocycles. The van der Waals surface area contributed by atoms with Crippen molar-refractivity contribution < 1.29 is 17.4 Å². The maximum atomic E-state index is 12.2. The molecule has 0 unspecified atom stereocenters. The van der Waals surface area contributed by atoms with Gasteiger partial charge in [0.25, 0.3) is 0 Å². The molecule has 0 fully saturated rings. The summed E-state index contributed by atoms with van der Waals surface area (Å²) in [5, 5.41) is 3.18. The maximum Gasteiger partial charge on any atom is 0.339 e. The van der Waals surface area contributed by atoms with Crippen LogP contribution in [0.3, 0.4) is 0 Å². The predicted molar refractivity (Wildman–Crippen MR) is 82.7 cm³/mol. The van der Waals surface area contributed by atoms with Crippen LogP contribution in [0.15, 0.2) is 47.4 Å². The molecule has 1 N–H and O–H groups in total. The molecule has 0 spiro atoms. The minimum Gasteiger partial charge on any atom is -0.379 e. The van der Waals surface area contributed by atoms with Gasteiger partial charge in [-0.25, -0.2) is 0 Å². The quantitative estimate of drug-likeness (QED) is 0.874. The van der Waals surface area contributed by atoms with Crippen molar-refractivity contribution in [1.82, 2.24) is 0 Å². The van der Waals surface area contributed by atoms with Crippen LogP contribution in [-0.2, 0) is 21.3 Å². The molecule has 1 heterocycles. The number of carbonyl (C=O) groups is 1. The van der Waals surface area contributed by atoms with Gasteiger partial charge in [-0.05, 0) is 54.4 Å². The van der Waals surface area contributed by atoms with Gasteiger partial charge >= 0.3 is 10.1 Å². The van der Waals surface area contributed by atoms with Crippen LogP contribution in [0.4, 0.5) is 5.69 Å². The summed E-state index contributed by atoms with van der Waals surface area (Å²) in [4.78, 5) is 11.3. The average Bonchev–Trinajstić information content (AvgIpc) is 2.47. The highest BCUT2D eigenvalue weighted by Gasteiger charge is 2.19. The Labute approximate surface area is 133 Å². The third kappa shape index (κ3) is 3.08. The van der Waals surface area contributed by atoms with E-state index in [0.29, 0.717) is 23.6 Å². The van der Waals surface area contributed by atoms with Gasteiger partial charge in [-0.1, -0.05) is 11.6 Å². The minimum absolute atomic E-state index is 0.0305. The maximum absolute atomic E-state index is 12.2. The first-order valence-corrected chi connectivity index (χ1v) is 8.35. The van der Waals surface area contributed by atoms with Gasteiger partial charge in [0.15, 0.2) is 0 Å². The topological polar surface area (TPSA) is 72.5 Å². The Morgan fingerprint density at radius 2 is 1.77 bits per heavy atom. The number of hydrogen-bond donors (Lipinski definition) is 1. The summed E-state index contributed by atoms with van der Waals surface area (Å²) in [6.45, 7) is 0. The van der Waals surface area contributed by atoms with Crippen LogP contribution in [-0.4, -0.2) is 14.3 Å². The number of halogens is 1. The zero-order chi connectivity index (χ0) is 15.7. The van der Waals surface area contributed by atoms with Crippen LogP contribution in [0.25, 0.3) is 0 Å². The normalized spacial score (nSPS) is 14.1. The van der Waals surface area contributed by atoms with E-state index in [1.54, 1.807) is 12.1 Å². The van der Waals surface area contributed by atoms with Crippen LogP contribution in [0.5, 0.6) is 5.75 Å². The SMILES string of the molecule is O=C1CCc2cc(OS(=O)(=O)c3ccc(Cl)cc3)ccc2N1. The molecule has 1 amide bonds. The summed E-state index contributed by atoms with van der Waals surface area (Å²) in [6, 6.07) is 10.5. The van der Waals surface area contributed by atoms with Crippen molar-refractivity contribution in [2.45, 2.75) is 17.7 Å². The first kappa shape index (κ1) is 14.9. The number of rotatable bonds is 3. The molecule has 114 valence electrons. The van der Waals surface area contributed by atoms with E-state index < -0.39 is 10.1 Å². The van der Waals surface area contributed by atoms with E-state index in [-0.39, 0.29) is 16.6 Å². The molecule has 0 radical (unpaired) electrons. The molecule has 0 aliphatic carbocycles. The molecule has 7 heteroatoms. The van der Waals surface area contributed by atoms with E-state index in [1.807, 2.05) is 0 Å². The molecular weight excluding hydrogens is 326 g/mol. The lowest BCUT2D eigenvalue weighted by atomic mass is 10.0. The third-order valence-electron chi connectivity index (χ3n) is 3.28. The molecule has 1 aliphatic heterocycles. The van der Waals surface area contributed by atoms with Gasteiger partial charge in [-0.2, -0.15) is 8.42 Å². The van der Waals surface area contributed by atoms with E-state index in [2.05, 4.69) is 5.32 Å². The molecule has 0 bridgehead atoms. The fourth-order valence-electron chi connectivity index (χ4n) is 2.19. The van der Waals surface area contributed by atoms with Gasteiger partial charge < -0.3 is 9.50 Å².